The number of methoxy groups -OCH3 is 1. The Labute approximate surface area is 177 Å². The van der Waals surface area contributed by atoms with E-state index in [1.807, 2.05) is 42.5 Å². The lowest BCUT2D eigenvalue weighted by Gasteiger charge is -2.40. The number of nitrogens with zero attached hydrogens (tertiary/aromatic N) is 1. The van der Waals surface area contributed by atoms with Gasteiger partial charge in [-0.1, -0.05) is 24.3 Å². The first-order valence-corrected chi connectivity index (χ1v) is 10.1. The Balaban J connectivity index is 1.75. The average molecular weight is 427 g/mol. The summed E-state index contributed by atoms with van der Waals surface area (Å²) in [4.78, 5) is 30.7. The van der Waals surface area contributed by atoms with Gasteiger partial charge < -0.3 is 24.1 Å². The third-order valence-electron chi connectivity index (χ3n) is 5.72. The second-order valence-corrected chi connectivity index (χ2v) is 7.52. The summed E-state index contributed by atoms with van der Waals surface area (Å²) < 4.78 is 16.0. The van der Waals surface area contributed by atoms with E-state index in [2.05, 4.69) is 4.98 Å². The first kappa shape index (κ1) is 18.8. The minimum atomic E-state index is -0.789. The molecule has 1 aromatic heterocycles. The van der Waals surface area contributed by atoms with Gasteiger partial charge in [0.1, 0.15) is 11.9 Å². The molecule has 2 aromatic carbocycles. The highest BCUT2D eigenvalue weighted by atomic mass is 35.5. The lowest BCUT2D eigenvalue weighted by atomic mass is 9.87. The van der Waals surface area contributed by atoms with Gasteiger partial charge in [0, 0.05) is 23.0 Å². The minimum Gasteiger partial charge on any atom is -0.467 e. The summed E-state index contributed by atoms with van der Waals surface area (Å²) >= 11 is 5.95. The van der Waals surface area contributed by atoms with Gasteiger partial charge in [-0.15, -0.1) is 11.6 Å². The van der Waals surface area contributed by atoms with Crippen molar-refractivity contribution in [2.75, 3.05) is 19.8 Å². The fourth-order valence-corrected chi connectivity index (χ4v) is 4.55. The molecule has 0 radical (unpaired) electrons. The van der Waals surface area contributed by atoms with Crippen LogP contribution in [-0.2, 0) is 20.7 Å². The van der Waals surface area contributed by atoms with Crippen LogP contribution in [0.2, 0.25) is 0 Å². The van der Waals surface area contributed by atoms with E-state index < -0.39 is 18.1 Å². The average Bonchev–Trinajstić information content (AvgIpc) is 3.40. The standard InChI is InChI=1S/C22H19ClN2O5/c1-28-22(27)16-9-14-13-4-2-3-5-15(13)24-20(14)21(25(16)19(26)10-23)12-6-7-17-18(8-12)30-11-29-17/h2-8,16,21,24H,9-11H2,1H3/t16-,21-/m0/s1. The SMILES string of the molecule is COC(=O)[C@@H]1Cc2c([nH]c3ccccc23)[C@H](c2ccc3c(c2)OCO3)N1C(=O)CCl. The molecule has 3 aromatic rings. The second-order valence-electron chi connectivity index (χ2n) is 7.26. The molecular formula is C22H19ClN2O5. The van der Waals surface area contributed by atoms with Gasteiger partial charge in [-0.3, -0.25) is 4.79 Å². The lowest BCUT2D eigenvalue weighted by Crippen LogP contribution is -2.52. The normalized spacial score (nSPS) is 19.6. The van der Waals surface area contributed by atoms with Crippen LogP contribution in [0.1, 0.15) is 22.9 Å². The van der Waals surface area contributed by atoms with Crippen LogP contribution in [0.25, 0.3) is 10.9 Å². The number of benzene rings is 2. The summed E-state index contributed by atoms with van der Waals surface area (Å²) in [5, 5.41) is 1.02. The van der Waals surface area contributed by atoms with Gasteiger partial charge in [0.25, 0.3) is 0 Å². The van der Waals surface area contributed by atoms with E-state index in [1.165, 1.54) is 12.0 Å². The number of carbonyl (C=O) groups is 2. The van der Waals surface area contributed by atoms with Gasteiger partial charge in [-0.2, -0.15) is 0 Å². The molecule has 1 amide bonds. The van der Waals surface area contributed by atoms with Crippen molar-refractivity contribution in [2.45, 2.75) is 18.5 Å². The zero-order valence-electron chi connectivity index (χ0n) is 16.2. The molecule has 30 heavy (non-hydrogen) atoms. The highest BCUT2D eigenvalue weighted by molar-refractivity contribution is 6.27. The molecule has 0 unspecified atom stereocenters. The topological polar surface area (TPSA) is 80.9 Å². The zero-order chi connectivity index (χ0) is 20.8. The van der Waals surface area contributed by atoms with Crippen LogP contribution in [0.4, 0.5) is 0 Å². The summed E-state index contributed by atoms with van der Waals surface area (Å²) in [5.74, 6) is 0.174. The monoisotopic (exact) mass is 426 g/mol. The van der Waals surface area contributed by atoms with Gasteiger partial charge >= 0.3 is 5.97 Å². The number of nitrogens with one attached hydrogen (secondary N) is 1. The number of ether oxygens (including phenoxy) is 3. The summed E-state index contributed by atoms with van der Waals surface area (Å²) in [5.41, 5.74) is 3.58. The molecule has 154 valence electrons. The number of H-pyrrole nitrogens is 1. The molecule has 8 heteroatoms. The Kier molecular flexibility index (Phi) is 4.55. The van der Waals surface area contributed by atoms with Crippen molar-refractivity contribution in [1.29, 1.82) is 0 Å². The number of hydrogen-bond donors (Lipinski definition) is 1. The molecule has 0 saturated heterocycles. The Morgan fingerprint density at radius 1 is 1.20 bits per heavy atom. The van der Waals surface area contributed by atoms with E-state index in [1.54, 1.807) is 0 Å². The van der Waals surface area contributed by atoms with E-state index in [0.29, 0.717) is 17.9 Å². The van der Waals surface area contributed by atoms with Crippen LogP contribution < -0.4 is 9.47 Å². The van der Waals surface area contributed by atoms with Crippen LogP contribution in [0.3, 0.4) is 0 Å². The van der Waals surface area contributed by atoms with Crippen molar-refractivity contribution < 1.29 is 23.8 Å². The molecule has 0 saturated carbocycles. The molecule has 5 rings (SSSR count). The summed E-state index contributed by atoms with van der Waals surface area (Å²) in [7, 11) is 1.33. The predicted molar refractivity (Wildman–Crippen MR) is 110 cm³/mol. The Morgan fingerprint density at radius 2 is 2.00 bits per heavy atom. The van der Waals surface area contributed by atoms with Gasteiger partial charge in [0.2, 0.25) is 12.7 Å². The van der Waals surface area contributed by atoms with Crippen molar-refractivity contribution in [3.63, 3.8) is 0 Å². The van der Waals surface area contributed by atoms with Crippen LogP contribution in [0, 0.1) is 0 Å². The Morgan fingerprint density at radius 3 is 2.80 bits per heavy atom. The summed E-state index contributed by atoms with van der Waals surface area (Å²) in [6.07, 6.45) is 0.343. The molecule has 0 fully saturated rings. The van der Waals surface area contributed by atoms with Crippen molar-refractivity contribution in [1.82, 2.24) is 9.88 Å². The molecule has 2 aliphatic heterocycles. The predicted octanol–water partition coefficient (Wildman–Crippen LogP) is 3.15. The van der Waals surface area contributed by atoms with Gasteiger partial charge in [0.05, 0.1) is 13.2 Å². The number of amides is 1. The van der Waals surface area contributed by atoms with Crippen molar-refractivity contribution >= 4 is 34.4 Å². The van der Waals surface area contributed by atoms with Crippen molar-refractivity contribution in [3.05, 3.63) is 59.3 Å². The third-order valence-corrected chi connectivity index (χ3v) is 5.95. The molecule has 1 N–H and O–H groups in total. The van der Waals surface area contributed by atoms with Crippen LogP contribution >= 0.6 is 11.6 Å². The highest BCUT2D eigenvalue weighted by Gasteiger charge is 2.44. The number of carbonyl (C=O) groups excluding carboxylic acids is 2. The number of aromatic amines is 1. The Hall–Kier alpha value is -3.19. The number of rotatable bonds is 3. The molecule has 2 aliphatic rings. The Bertz CT molecular complexity index is 1160. The van der Waals surface area contributed by atoms with E-state index in [0.717, 1.165) is 27.7 Å². The first-order chi connectivity index (χ1) is 14.6. The molecule has 0 aliphatic carbocycles. The van der Waals surface area contributed by atoms with Gasteiger partial charge in [0.15, 0.2) is 11.5 Å². The maximum Gasteiger partial charge on any atom is 0.328 e. The smallest absolute Gasteiger partial charge is 0.328 e. The van der Waals surface area contributed by atoms with E-state index in [9.17, 15) is 9.59 Å². The molecule has 3 heterocycles. The first-order valence-electron chi connectivity index (χ1n) is 9.56. The number of halogens is 1. The zero-order valence-corrected chi connectivity index (χ0v) is 16.9. The fourth-order valence-electron chi connectivity index (χ4n) is 4.42. The summed E-state index contributed by atoms with van der Waals surface area (Å²) in [6, 6.07) is 12.1. The van der Waals surface area contributed by atoms with Crippen LogP contribution in [0.15, 0.2) is 42.5 Å². The number of fused-ring (bicyclic) bond motifs is 4. The molecule has 7 nitrogen and oxygen atoms in total. The van der Waals surface area contributed by atoms with Crippen LogP contribution in [-0.4, -0.2) is 47.6 Å². The molecule has 2 atom stereocenters. The second kappa shape index (κ2) is 7.25. The van der Waals surface area contributed by atoms with Gasteiger partial charge in [-0.25, -0.2) is 4.79 Å². The number of hydrogen-bond acceptors (Lipinski definition) is 5. The lowest BCUT2D eigenvalue weighted by molar-refractivity contribution is -0.154. The van der Waals surface area contributed by atoms with Crippen LogP contribution in [0.5, 0.6) is 11.5 Å². The third kappa shape index (κ3) is 2.81. The highest BCUT2D eigenvalue weighted by Crippen LogP contribution is 2.44. The number of esters is 1. The van der Waals surface area contributed by atoms with Crippen molar-refractivity contribution in [2.24, 2.45) is 0 Å². The largest absolute Gasteiger partial charge is 0.467 e. The van der Waals surface area contributed by atoms with Gasteiger partial charge in [-0.05, 0) is 29.3 Å². The van der Waals surface area contributed by atoms with E-state index >= 15 is 0 Å². The molecule has 0 spiro atoms. The number of para-hydroxylation sites is 1. The number of alkyl halides is 1. The molecule has 0 bridgehead atoms. The molecular weight excluding hydrogens is 408 g/mol. The van der Waals surface area contributed by atoms with Crippen molar-refractivity contribution in [3.8, 4) is 11.5 Å². The quantitative estimate of drug-likeness (QED) is 0.514. The van der Waals surface area contributed by atoms with E-state index in [4.69, 9.17) is 25.8 Å². The fraction of sp³-hybridized carbons (Fsp3) is 0.273. The van der Waals surface area contributed by atoms with E-state index in [-0.39, 0.29) is 18.6 Å². The maximum atomic E-state index is 13.0. The summed E-state index contributed by atoms with van der Waals surface area (Å²) in [6.45, 7) is 0.149. The number of aromatic nitrogens is 1. The maximum absolute atomic E-state index is 13.0. The minimum absolute atomic E-state index is 0.149.